The van der Waals surface area contributed by atoms with Crippen molar-refractivity contribution in [3.63, 3.8) is 0 Å². The van der Waals surface area contributed by atoms with Crippen LogP contribution < -0.4 is 0 Å². The minimum absolute atomic E-state index is 0.285. The van der Waals surface area contributed by atoms with Gasteiger partial charge in [0.1, 0.15) is 11.1 Å². The molecule has 0 amide bonds. The lowest BCUT2D eigenvalue weighted by atomic mass is 10.2. The van der Waals surface area contributed by atoms with Gasteiger partial charge in [-0.15, -0.1) is 11.8 Å². The van der Waals surface area contributed by atoms with E-state index in [1.165, 1.54) is 24.0 Å². The topological polar surface area (TPSA) is 74.0 Å². The minimum atomic E-state index is -0.861. The van der Waals surface area contributed by atoms with E-state index in [0.29, 0.717) is 16.3 Å². The van der Waals surface area contributed by atoms with Crippen molar-refractivity contribution >= 4 is 29.3 Å². The summed E-state index contributed by atoms with van der Waals surface area (Å²) in [6, 6.07) is 3.47. The van der Waals surface area contributed by atoms with Gasteiger partial charge in [0.2, 0.25) is 0 Å². The third-order valence-corrected chi connectivity index (χ3v) is 3.61. The molecule has 0 spiro atoms. The second-order valence-electron chi connectivity index (χ2n) is 3.14. The number of pyridine rings is 1. The lowest BCUT2D eigenvalue weighted by molar-refractivity contribution is -0.140. The first-order valence-corrected chi connectivity index (χ1v) is 5.82. The van der Waals surface area contributed by atoms with Crippen LogP contribution in [0, 0.1) is 17.2 Å². The molecule has 0 bridgehead atoms. The molecule has 0 fully saturated rings. The maximum Gasteiger partial charge on any atom is 0.307 e. The van der Waals surface area contributed by atoms with Crippen molar-refractivity contribution < 1.29 is 9.90 Å². The molecule has 84 valence electrons. The standard InChI is InChI=1S/C10H9ClN2O2S/c1-6(10(14)15)5-16-9-8(11)7(4-12)2-3-13-9/h2-3,6H,5H2,1H3,(H,14,15). The van der Waals surface area contributed by atoms with E-state index in [2.05, 4.69) is 4.98 Å². The van der Waals surface area contributed by atoms with Gasteiger partial charge in [-0.1, -0.05) is 18.5 Å². The van der Waals surface area contributed by atoms with E-state index in [0.717, 1.165) is 0 Å². The minimum Gasteiger partial charge on any atom is -0.481 e. The number of nitrogens with zero attached hydrogens (tertiary/aromatic N) is 2. The van der Waals surface area contributed by atoms with Gasteiger partial charge in [0, 0.05) is 11.9 Å². The molecule has 0 aliphatic heterocycles. The fourth-order valence-electron chi connectivity index (χ4n) is 0.887. The summed E-state index contributed by atoms with van der Waals surface area (Å²) >= 11 is 7.16. The molecule has 0 radical (unpaired) electrons. The smallest absolute Gasteiger partial charge is 0.307 e. The highest BCUT2D eigenvalue weighted by Gasteiger charge is 2.14. The number of aliphatic carboxylic acids is 1. The molecule has 4 nitrogen and oxygen atoms in total. The molecule has 0 aromatic carbocycles. The Labute approximate surface area is 102 Å². The van der Waals surface area contributed by atoms with Crippen LogP contribution in [0.1, 0.15) is 12.5 Å². The Hall–Kier alpha value is -1.25. The van der Waals surface area contributed by atoms with Gasteiger partial charge in [-0.25, -0.2) is 4.98 Å². The molecule has 1 unspecified atom stereocenters. The number of thioether (sulfide) groups is 1. The Kier molecular flexibility index (Phi) is 4.59. The summed E-state index contributed by atoms with van der Waals surface area (Å²) in [4.78, 5) is 14.6. The lowest BCUT2D eigenvalue weighted by Gasteiger charge is -2.06. The predicted molar refractivity (Wildman–Crippen MR) is 61.5 cm³/mol. The largest absolute Gasteiger partial charge is 0.481 e. The third kappa shape index (κ3) is 3.12. The van der Waals surface area contributed by atoms with E-state index in [1.807, 2.05) is 6.07 Å². The second kappa shape index (κ2) is 5.73. The van der Waals surface area contributed by atoms with Crippen molar-refractivity contribution in [1.82, 2.24) is 4.98 Å². The van der Waals surface area contributed by atoms with Crippen molar-refractivity contribution in [2.24, 2.45) is 5.92 Å². The lowest BCUT2D eigenvalue weighted by Crippen LogP contribution is -2.11. The molecule has 1 heterocycles. The maximum absolute atomic E-state index is 10.6. The van der Waals surface area contributed by atoms with Gasteiger partial charge in [-0.3, -0.25) is 4.79 Å². The van der Waals surface area contributed by atoms with E-state index in [1.54, 1.807) is 6.92 Å². The molecule has 0 saturated carbocycles. The van der Waals surface area contributed by atoms with E-state index >= 15 is 0 Å². The van der Waals surface area contributed by atoms with Gasteiger partial charge in [0.15, 0.2) is 0 Å². The van der Waals surface area contributed by atoms with Gasteiger partial charge in [0.25, 0.3) is 0 Å². The number of carbonyl (C=O) groups is 1. The summed E-state index contributed by atoms with van der Waals surface area (Å²) in [5.41, 5.74) is 0.349. The Morgan fingerprint density at radius 2 is 2.50 bits per heavy atom. The van der Waals surface area contributed by atoms with E-state index in [4.69, 9.17) is 22.0 Å². The number of hydrogen-bond donors (Lipinski definition) is 1. The zero-order valence-electron chi connectivity index (χ0n) is 8.48. The van der Waals surface area contributed by atoms with Crippen molar-refractivity contribution in [2.75, 3.05) is 5.75 Å². The van der Waals surface area contributed by atoms with Crippen LogP contribution in [0.3, 0.4) is 0 Å². The molecule has 1 atom stereocenters. The molecular weight excluding hydrogens is 248 g/mol. The molecule has 1 aromatic heterocycles. The van der Waals surface area contributed by atoms with Crippen LogP contribution in [0.5, 0.6) is 0 Å². The average Bonchev–Trinajstić information content (AvgIpc) is 2.27. The summed E-state index contributed by atoms with van der Waals surface area (Å²) in [5, 5.41) is 18.2. The number of hydrogen-bond acceptors (Lipinski definition) is 4. The number of rotatable bonds is 4. The van der Waals surface area contributed by atoms with Crippen LogP contribution in [-0.2, 0) is 4.79 Å². The van der Waals surface area contributed by atoms with Crippen molar-refractivity contribution in [3.05, 3.63) is 22.8 Å². The molecule has 0 saturated heterocycles. The average molecular weight is 257 g/mol. The molecule has 1 rings (SSSR count). The molecule has 0 aliphatic carbocycles. The first-order chi connectivity index (χ1) is 7.56. The van der Waals surface area contributed by atoms with Gasteiger partial charge in [-0.05, 0) is 6.07 Å². The number of carboxylic acids is 1. The van der Waals surface area contributed by atoms with Gasteiger partial charge < -0.3 is 5.11 Å². The van der Waals surface area contributed by atoms with E-state index in [9.17, 15) is 4.79 Å². The zero-order valence-corrected chi connectivity index (χ0v) is 10.0. The summed E-state index contributed by atoms with van der Waals surface area (Å²) in [7, 11) is 0. The molecule has 6 heteroatoms. The highest BCUT2D eigenvalue weighted by atomic mass is 35.5. The fourth-order valence-corrected chi connectivity index (χ4v) is 2.13. The summed E-state index contributed by atoms with van der Waals surface area (Å²) in [5.74, 6) is -0.967. The highest BCUT2D eigenvalue weighted by molar-refractivity contribution is 7.99. The van der Waals surface area contributed by atoms with E-state index < -0.39 is 11.9 Å². The van der Waals surface area contributed by atoms with Gasteiger partial charge in [-0.2, -0.15) is 5.26 Å². The molecule has 0 aliphatic rings. The number of halogens is 1. The van der Waals surface area contributed by atoms with Crippen LogP contribution in [-0.4, -0.2) is 21.8 Å². The van der Waals surface area contributed by atoms with Crippen LogP contribution >= 0.6 is 23.4 Å². The molecule has 1 aromatic rings. The fraction of sp³-hybridized carbons (Fsp3) is 0.300. The Morgan fingerprint density at radius 1 is 1.81 bits per heavy atom. The highest BCUT2D eigenvalue weighted by Crippen LogP contribution is 2.28. The van der Waals surface area contributed by atoms with Crippen LogP contribution in [0.2, 0.25) is 5.02 Å². The predicted octanol–water partition coefficient (Wildman–Crippen LogP) is 2.42. The Morgan fingerprint density at radius 3 is 3.06 bits per heavy atom. The number of aromatic nitrogens is 1. The summed E-state index contributed by atoms with van der Waals surface area (Å²) in [6.07, 6.45) is 1.48. The van der Waals surface area contributed by atoms with Crippen LogP contribution in [0.15, 0.2) is 17.3 Å². The Balaban J connectivity index is 2.76. The first kappa shape index (κ1) is 12.8. The quantitative estimate of drug-likeness (QED) is 0.838. The molecular formula is C10H9ClN2O2S. The monoisotopic (exact) mass is 256 g/mol. The normalized spacial score (nSPS) is 11.8. The zero-order chi connectivity index (χ0) is 12.1. The third-order valence-electron chi connectivity index (χ3n) is 1.87. The SMILES string of the molecule is CC(CSc1nccc(C#N)c1Cl)C(=O)O. The van der Waals surface area contributed by atoms with Crippen LogP contribution in [0.4, 0.5) is 0 Å². The molecule has 16 heavy (non-hydrogen) atoms. The van der Waals surface area contributed by atoms with Gasteiger partial charge in [0.05, 0.1) is 16.5 Å². The number of carboxylic acid groups (broad SMARTS) is 1. The van der Waals surface area contributed by atoms with Gasteiger partial charge >= 0.3 is 5.97 Å². The summed E-state index contributed by atoms with van der Waals surface area (Å²) in [6.45, 7) is 1.61. The molecule has 1 N–H and O–H groups in total. The second-order valence-corrected chi connectivity index (χ2v) is 4.53. The van der Waals surface area contributed by atoms with E-state index in [-0.39, 0.29) is 5.02 Å². The van der Waals surface area contributed by atoms with Crippen LogP contribution in [0.25, 0.3) is 0 Å². The first-order valence-electron chi connectivity index (χ1n) is 4.46. The van der Waals surface area contributed by atoms with Crippen molar-refractivity contribution in [3.8, 4) is 6.07 Å². The summed E-state index contributed by atoms with van der Waals surface area (Å²) < 4.78 is 0. The number of nitriles is 1. The maximum atomic E-state index is 10.6. The van der Waals surface area contributed by atoms with Crippen molar-refractivity contribution in [2.45, 2.75) is 11.9 Å². The van der Waals surface area contributed by atoms with Crippen molar-refractivity contribution in [1.29, 1.82) is 5.26 Å². The Bertz CT molecular complexity index is 445.